The lowest BCUT2D eigenvalue weighted by Gasteiger charge is -2.12. The second kappa shape index (κ2) is 9.34. The lowest BCUT2D eigenvalue weighted by molar-refractivity contribution is 0.102. The highest BCUT2D eigenvalue weighted by molar-refractivity contribution is 6.04. The van der Waals surface area contributed by atoms with Gasteiger partial charge in [0.15, 0.2) is 5.75 Å². The first-order valence-electron chi connectivity index (χ1n) is 9.51. The number of carbonyl (C=O) groups excluding carboxylic acids is 1. The van der Waals surface area contributed by atoms with E-state index in [4.69, 9.17) is 4.74 Å². The van der Waals surface area contributed by atoms with Crippen LogP contribution in [0.5, 0.6) is 11.5 Å². The van der Waals surface area contributed by atoms with Crippen LogP contribution in [0.25, 0.3) is 0 Å². The minimum atomic E-state index is -0.261. The van der Waals surface area contributed by atoms with Crippen LogP contribution in [0.1, 0.15) is 16.1 Å². The van der Waals surface area contributed by atoms with Gasteiger partial charge in [-0.3, -0.25) is 9.78 Å². The molecular formula is C24H20N4O2. The molecule has 0 atom stereocenters. The van der Waals surface area contributed by atoms with E-state index in [2.05, 4.69) is 20.6 Å². The van der Waals surface area contributed by atoms with Crippen molar-refractivity contribution in [3.8, 4) is 11.5 Å². The fourth-order valence-electron chi connectivity index (χ4n) is 2.79. The Balaban J connectivity index is 1.40. The van der Waals surface area contributed by atoms with Gasteiger partial charge in [-0.25, -0.2) is 4.98 Å². The molecule has 0 bridgehead atoms. The molecule has 4 rings (SSSR count). The largest absolute Gasteiger partial charge is 0.455 e. The normalized spacial score (nSPS) is 10.3. The SMILES string of the molecule is O=C(Nc1ccccc1Oc1ccccc1)c1ccc(NCc2ccccn2)nc1. The van der Waals surface area contributed by atoms with E-state index < -0.39 is 0 Å². The van der Waals surface area contributed by atoms with Gasteiger partial charge in [-0.05, 0) is 48.5 Å². The molecule has 30 heavy (non-hydrogen) atoms. The summed E-state index contributed by atoms with van der Waals surface area (Å²) in [5.41, 5.74) is 1.95. The van der Waals surface area contributed by atoms with Gasteiger partial charge in [0.25, 0.3) is 5.91 Å². The highest BCUT2D eigenvalue weighted by Gasteiger charge is 2.11. The van der Waals surface area contributed by atoms with Crippen molar-refractivity contribution < 1.29 is 9.53 Å². The van der Waals surface area contributed by atoms with Gasteiger partial charge in [0, 0.05) is 12.4 Å². The maximum atomic E-state index is 12.7. The quantitative estimate of drug-likeness (QED) is 0.453. The number of anilines is 2. The third kappa shape index (κ3) is 4.99. The first-order chi connectivity index (χ1) is 14.8. The maximum Gasteiger partial charge on any atom is 0.257 e. The number of pyridine rings is 2. The number of benzene rings is 2. The summed E-state index contributed by atoms with van der Waals surface area (Å²) >= 11 is 0. The number of para-hydroxylation sites is 3. The minimum absolute atomic E-state index is 0.261. The minimum Gasteiger partial charge on any atom is -0.455 e. The van der Waals surface area contributed by atoms with Crippen LogP contribution in [-0.2, 0) is 6.54 Å². The summed E-state index contributed by atoms with van der Waals surface area (Å²) in [5.74, 6) is 1.68. The van der Waals surface area contributed by atoms with Crippen LogP contribution in [0.4, 0.5) is 11.5 Å². The fraction of sp³-hybridized carbons (Fsp3) is 0.0417. The third-order valence-electron chi connectivity index (χ3n) is 4.31. The van der Waals surface area contributed by atoms with Gasteiger partial charge >= 0.3 is 0 Å². The van der Waals surface area contributed by atoms with E-state index >= 15 is 0 Å². The Hall–Kier alpha value is -4.19. The van der Waals surface area contributed by atoms with E-state index in [1.54, 1.807) is 24.4 Å². The standard InChI is InChI=1S/C24H20N4O2/c29-24(18-13-14-23(26-16-18)27-17-19-8-6-7-15-25-19)28-21-11-4-5-12-22(21)30-20-9-2-1-3-10-20/h1-16H,17H2,(H,26,27)(H,28,29). The number of hydrogen-bond acceptors (Lipinski definition) is 5. The van der Waals surface area contributed by atoms with E-state index in [9.17, 15) is 4.79 Å². The summed E-state index contributed by atoms with van der Waals surface area (Å²) < 4.78 is 5.89. The van der Waals surface area contributed by atoms with Gasteiger partial charge in [0.2, 0.25) is 0 Å². The summed E-state index contributed by atoms with van der Waals surface area (Å²) in [6.07, 6.45) is 3.29. The number of nitrogens with zero attached hydrogens (tertiary/aromatic N) is 2. The molecule has 0 unspecified atom stereocenters. The van der Waals surface area contributed by atoms with Crippen LogP contribution in [0.15, 0.2) is 97.3 Å². The van der Waals surface area contributed by atoms with Crippen LogP contribution in [0, 0.1) is 0 Å². The van der Waals surface area contributed by atoms with Gasteiger partial charge in [0.1, 0.15) is 11.6 Å². The first kappa shape index (κ1) is 19.1. The zero-order valence-electron chi connectivity index (χ0n) is 16.2. The monoisotopic (exact) mass is 396 g/mol. The molecular weight excluding hydrogens is 376 g/mol. The summed E-state index contributed by atoms with van der Waals surface area (Å²) in [5, 5.41) is 6.08. The number of aromatic nitrogens is 2. The van der Waals surface area contributed by atoms with Crippen LogP contribution in [0.2, 0.25) is 0 Å². The molecule has 0 fully saturated rings. The lowest BCUT2D eigenvalue weighted by Crippen LogP contribution is -2.13. The van der Waals surface area contributed by atoms with Crippen molar-refractivity contribution in [2.45, 2.75) is 6.54 Å². The van der Waals surface area contributed by atoms with Crippen LogP contribution >= 0.6 is 0 Å². The molecule has 1 amide bonds. The van der Waals surface area contributed by atoms with E-state index in [0.29, 0.717) is 35.1 Å². The van der Waals surface area contributed by atoms with Gasteiger partial charge in [-0.1, -0.05) is 36.4 Å². The van der Waals surface area contributed by atoms with Crippen molar-refractivity contribution >= 4 is 17.4 Å². The summed E-state index contributed by atoms with van der Waals surface area (Å²) in [6, 6.07) is 26.0. The molecule has 4 aromatic rings. The second-order valence-corrected chi connectivity index (χ2v) is 6.47. The van der Waals surface area contributed by atoms with E-state index in [0.717, 1.165) is 5.69 Å². The van der Waals surface area contributed by atoms with Gasteiger partial charge in [-0.2, -0.15) is 0 Å². The Bertz CT molecular complexity index is 1100. The van der Waals surface area contributed by atoms with E-state index in [-0.39, 0.29) is 5.91 Å². The molecule has 6 heteroatoms. The predicted octanol–water partition coefficient (Wildman–Crippen LogP) is 5.13. The molecule has 0 aliphatic carbocycles. The average molecular weight is 396 g/mol. The number of rotatable bonds is 7. The number of amides is 1. The van der Waals surface area contributed by atoms with Crippen molar-refractivity contribution in [2.24, 2.45) is 0 Å². The number of nitrogens with one attached hydrogen (secondary N) is 2. The molecule has 2 heterocycles. The van der Waals surface area contributed by atoms with Crippen molar-refractivity contribution in [1.82, 2.24) is 9.97 Å². The van der Waals surface area contributed by atoms with Gasteiger partial charge in [0.05, 0.1) is 23.5 Å². The van der Waals surface area contributed by atoms with Crippen molar-refractivity contribution in [2.75, 3.05) is 10.6 Å². The van der Waals surface area contributed by atoms with Crippen molar-refractivity contribution in [1.29, 1.82) is 0 Å². The van der Waals surface area contributed by atoms with Crippen LogP contribution in [0.3, 0.4) is 0 Å². The van der Waals surface area contributed by atoms with Gasteiger partial charge in [-0.15, -0.1) is 0 Å². The Morgan fingerprint density at radius 2 is 1.63 bits per heavy atom. The third-order valence-corrected chi connectivity index (χ3v) is 4.31. The molecule has 0 saturated carbocycles. The van der Waals surface area contributed by atoms with Gasteiger partial charge < -0.3 is 15.4 Å². The summed E-state index contributed by atoms with van der Waals surface area (Å²) in [6.45, 7) is 0.559. The van der Waals surface area contributed by atoms with Crippen molar-refractivity contribution in [3.05, 3.63) is 109 Å². The molecule has 0 radical (unpaired) electrons. The Labute approximate surface area is 174 Å². The fourth-order valence-corrected chi connectivity index (χ4v) is 2.79. The molecule has 0 aliphatic rings. The van der Waals surface area contributed by atoms with E-state index in [1.165, 1.54) is 6.20 Å². The smallest absolute Gasteiger partial charge is 0.257 e. The number of ether oxygens (including phenoxy) is 1. The Kier molecular flexibility index (Phi) is 5.96. The molecule has 0 saturated heterocycles. The molecule has 2 aromatic heterocycles. The molecule has 2 N–H and O–H groups in total. The zero-order valence-corrected chi connectivity index (χ0v) is 16.2. The number of hydrogen-bond donors (Lipinski definition) is 2. The molecule has 148 valence electrons. The maximum absolute atomic E-state index is 12.7. The lowest BCUT2D eigenvalue weighted by atomic mass is 10.2. The van der Waals surface area contributed by atoms with Crippen molar-refractivity contribution in [3.63, 3.8) is 0 Å². The van der Waals surface area contributed by atoms with Crippen LogP contribution in [-0.4, -0.2) is 15.9 Å². The van der Waals surface area contributed by atoms with Crippen LogP contribution < -0.4 is 15.4 Å². The second-order valence-electron chi connectivity index (χ2n) is 6.47. The molecule has 0 aliphatic heterocycles. The predicted molar refractivity (Wildman–Crippen MR) is 117 cm³/mol. The molecule has 0 spiro atoms. The van der Waals surface area contributed by atoms with E-state index in [1.807, 2.05) is 66.7 Å². The highest BCUT2D eigenvalue weighted by Crippen LogP contribution is 2.29. The highest BCUT2D eigenvalue weighted by atomic mass is 16.5. The zero-order chi connectivity index (χ0) is 20.6. The number of carbonyl (C=O) groups is 1. The molecule has 6 nitrogen and oxygen atoms in total. The summed E-state index contributed by atoms with van der Waals surface area (Å²) in [7, 11) is 0. The first-order valence-corrected chi connectivity index (χ1v) is 9.51. The Morgan fingerprint density at radius 1 is 0.833 bits per heavy atom. The summed E-state index contributed by atoms with van der Waals surface area (Å²) in [4.78, 5) is 21.2. The Morgan fingerprint density at radius 3 is 2.40 bits per heavy atom. The average Bonchev–Trinajstić information content (AvgIpc) is 2.81. The molecule has 2 aromatic carbocycles. The topological polar surface area (TPSA) is 76.1 Å².